The predicted molar refractivity (Wildman–Crippen MR) is 43.4 cm³/mol. The van der Waals surface area contributed by atoms with Crippen LogP contribution in [0.4, 0.5) is 0 Å². The van der Waals surface area contributed by atoms with Crippen LogP contribution in [0.2, 0.25) is 0 Å². The summed E-state index contributed by atoms with van der Waals surface area (Å²) in [6.07, 6.45) is 1.77. The van der Waals surface area contributed by atoms with E-state index in [-0.39, 0.29) is 11.7 Å². The summed E-state index contributed by atoms with van der Waals surface area (Å²) in [5.74, 6) is 0.0610. The molecule has 0 bridgehead atoms. The van der Waals surface area contributed by atoms with Crippen molar-refractivity contribution in [3.05, 3.63) is 12.2 Å². The fourth-order valence-corrected chi connectivity index (χ4v) is 0.795. The Kier molecular flexibility index (Phi) is 2.97. The number of amides is 1. The summed E-state index contributed by atoms with van der Waals surface area (Å²) in [5.41, 5.74) is 0. The van der Waals surface area contributed by atoms with Gasteiger partial charge in [-0.1, -0.05) is 0 Å². The normalized spacial score (nSPS) is 9.23. The number of nitrogens with one attached hydrogen (secondary N) is 1. The molecule has 0 atom stereocenters. The van der Waals surface area contributed by atoms with Gasteiger partial charge in [-0.15, -0.1) is 5.10 Å². The van der Waals surface area contributed by atoms with E-state index >= 15 is 0 Å². The lowest BCUT2D eigenvalue weighted by Gasteiger charge is -1.98. The largest absolute Gasteiger partial charge is 0.359 e. The molecule has 0 saturated carbocycles. The number of carbonyl (C=O) groups excluding carboxylic acids is 1. The number of hydrogen-bond acceptors (Lipinski definition) is 4. The van der Waals surface area contributed by atoms with Crippen molar-refractivity contribution in [1.82, 2.24) is 20.1 Å². The maximum Gasteiger partial charge on any atom is 0.252 e. The number of rotatable bonds is 3. The molecule has 0 aliphatic carbocycles. The van der Waals surface area contributed by atoms with Crippen molar-refractivity contribution in [3.63, 3.8) is 0 Å². The third kappa shape index (κ3) is 2.56. The lowest BCUT2D eigenvalue weighted by atomic mass is 10.4. The highest BCUT2D eigenvalue weighted by atomic mass is 16.1. The van der Waals surface area contributed by atoms with Gasteiger partial charge in [0.25, 0.3) is 5.82 Å². The van der Waals surface area contributed by atoms with Gasteiger partial charge in [-0.05, 0) is 0 Å². The first-order valence-electron chi connectivity index (χ1n) is 3.76. The molecule has 0 spiro atoms. The highest BCUT2D eigenvalue weighted by Gasteiger charge is 2.01. The maximum absolute atomic E-state index is 10.8. The molecule has 0 aliphatic rings. The van der Waals surface area contributed by atoms with Gasteiger partial charge in [0.15, 0.2) is 0 Å². The minimum absolute atomic E-state index is 0.0611. The minimum Gasteiger partial charge on any atom is -0.359 e. The number of aryl methyl sites for hydroxylation is 1. The zero-order chi connectivity index (χ0) is 9.68. The zero-order valence-corrected chi connectivity index (χ0v) is 7.19. The first-order valence-corrected chi connectivity index (χ1v) is 3.76. The fourth-order valence-electron chi connectivity index (χ4n) is 0.795. The molecular formula is C7H9N5O. The summed E-state index contributed by atoms with van der Waals surface area (Å²) >= 11 is 0. The highest BCUT2D eigenvalue weighted by Crippen LogP contribution is 1.90. The van der Waals surface area contributed by atoms with Crippen LogP contribution in [0.15, 0.2) is 6.33 Å². The van der Waals surface area contributed by atoms with Crippen LogP contribution < -0.4 is 5.32 Å². The van der Waals surface area contributed by atoms with E-state index in [0.29, 0.717) is 13.0 Å². The Hall–Kier alpha value is -1.90. The Morgan fingerprint density at radius 3 is 3.15 bits per heavy atom. The van der Waals surface area contributed by atoms with E-state index in [9.17, 15) is 4.79 Å². The van der Waals surface area contributed by atoms with Crippen LogP contribution in [0.3, 0.4) is 0 Å². The predicted octanol–water partition coefficient (Wildman–Crippen LogP) is -0.714. The van der Waals surface area contributed by atoms with Crippen LogP contribution in [-0.2, 0) is 11.3 Å². The van der Waals surface area contributed by atoms with Crippen molar-refractivity contribution >= 4 is 5.91 Å². The average Bonchev–Trinajstić information content (AvgIpc) is 2.61. The summed E-state index contributed by atoms with van der Waals surface area (Å²) in [4.78, 5) is 14.5. The molecular weight excluding hydrogens is 170 g/mol. The molecule has 1 aromatic heterocycles. The van der Waals surface area contributed by atoms with E-state index in [1.54, 1.807) is 13.1 Å². The number of hydrogen-bond donors (Lipinski definition) is 1. The van der Waals surface area contributed by atoms with E-state index in [1.165, 1.54) is 11.0 Å². The Labute approximate surface area is 75.2 Å². The highest BCUT2D eigenvalue weighted by molar-refractivity contribution is 5.75. The fraction of sp³-hybridized carbons (Fsp3) is 0.429. The summed E-state index contributed by atoms with van der Waals surface area (Å²) < 4.78 is 1.47. The van der Waals surface area contributed by atoms with Gasteiger partial charge in [0, 0.05) is 13.5 Å². The first kappa shape index (κ1) is 9.19. The van der Waals surface area contributed by atoms with Crippen LogP contribution in [0, 0.1) is 11.3 Å². The Morgan fingerprint density at radius 2 is 2.62 bits per heavy atom. The van der Waals surface area contributed by atoms with Gasteiger partial charge in [0.05, 0.1) is 6.54 Å². The van der Waals surface area contributed by atoms with Gasteiger partial charge < -0.3 is 5.32 Å². The maximum atomic E-state index is 10.8. The van der Waals surface area contributed by atoms with Gasteiger partial charge >= 0.3 is 0 Å². The molecule has 6 nitrogen and oxygen atoms in total. The number of aromatic nitrogens is 3. The van der Waals surface area contributed by atoms with Crippen LogP contribution in [0.1, 0.15) is 12.2 Å². The monoisotopic (exact) mass is 179 g/mol. The van der Waals surface area contributed by atoms with E-state index in [0.717, 1.165) is 0 Å². The summed E-state index contributed by atoms with van der Waals surface area (Å²) in [7, 11) is 1.57. The third-order valence-electron chi connectivity index (χ3n) is 1.48. The molecule has 1 aromatic rings. The molecule has 0 unspecified atom stereocenters. The minimum atomic E-state index is -0.0611. The van der Waals surface area contributed by atoms with E-state index in [2.05, 4.69) is 15.4 Å². The van der Waals surface area contributed by atoms with Gasteiger partial charge in [-0.25, -0.2) is 4.98 Å². The second kappa shape index (κ2) is 4.21. The molecule has 1 rings (SSSR count). The number of nitriles is 1. The van der Waals surface area contributed by atoms with E-state index in [1.807, 2.05) is 0 Å². The lowest BCUT2D eigenvalue weighted by molar-refractivity contribution is -0.120. The second-order valence-electron chi connectivity index (χ2n) is 2.37. The van der Waals surface area contributed by atoms with Crippen LogP contribution in [0.5, 0.6) is 0 Å². The number of carbonyl (C=O) groups is 1. The first-order chi connectivity index (χ1) is 6.26. The smallest absolute Gasteiger partial charge is 0.252 e. The summed E-state index contributed by atoms with van der Waals surface area (Å²) in [6.45, 7) is 0.439. The van der Waals surface area contributed by atoms with Crippen molar-refractivity contribution in [2.24, 2.45) is 0 Å². The van der Waals surface area contributed by atoms with Crippen LogP contribution in [-0.4, -0.2) is 27.7 Å². The van der Waals surface area contributed by atoms with Gasteiger partial charge in [-0.2, -0.15) is 5.26 Å². The standard InChI is InChI=1S/C7H9N5O/c1-9-7(13)2-3-12-5-10-6(4-8)11-12/h5H,2-3H2,1H3,(H,9,13). The quantitative estimate of drug-likeness (QED) is 0.664. The molecule has 1 heterocycles. The van der Waals surface area contributed by atoms with Crippen molar-refractivity contribution in [2.45, 2.75) is 13.0 Å². The SMILES string of the molecule is CNC(=O)CCn1cnc(C#N)n1. The molecule has 1 N–H and O–H groups in total. The Balaban J connectivity index is 2.46. The van der Waals surface area contributed by atoms with Crippen molar-refractivity contribution in [3.8, 4) is 6.07 Å². The summed E-state index contributed by atoms with van der Waals surface area (Å²) in [5, 5.41) is 14.7. The van der Waals surface area contributed by atoms with Gasteiger partial charge in [-0.3, -0.25) is 9.48 Å². The second-order valence-corrected chi connectivity index (χ2v) is 2.37. The Morgan fingerprint density at radius 1 is 1.85 bits per heavy atom. The van der Waals surface area contributed by atoms with Crippen LogP contribution >= 0.6 is 0 Å². The molecule has 0 radical (unpaired) electrons. The molecule has 68 valence electrons. The van der Waals surface area contributed by atoms with Crippen molar-refractivity contribution in [1.29, 1.82) is 5.26 Å². The summed E-state index contributed by atoms with van der Waals surface area (Å²) in [6, 6.07) is 1.81. The molecule has 0 aliphatic heterocycles. The van der Waals surface area contributed by atoms with E-state index < -0.39 is 0 Å². The average molecular weight is 179 g/mol. The number of nitrogens with zero attached hydrogens (tertiary/aromatic N) is 4. The molecule has 0 aromatic carbocycles. The van der Waals surface area contributed by atoms with Crippen molar-refractivity contribution in [2.75, 3.05) is 7.05 Å². The molecule has 1 amide bonds. The van der Waals surface area contributed by atoms with Gasteiger partial charge in [0.2, 0.25) is 5.91 Å². The molecule has 13 heavy (non-hydrogen) atoms. The molecule has 0 saturated heterocycles. The topological polar surface area (TPSA) is 83.6 Å². The third-order valence-corrected chi connectivity index (χ3v) is 1.48. The zero-order valence-electron chi connectivity index (χ0n) is 7.19. The lowest BCUT2D eigenvalue weighted by Crippen LogP contribution is -2.19. The van der Waals surface area contributed by atoms with Crippen LogP contribution in [0.25, 0.3) is 0 Å². The molecule has 0 fully saturated rings. The van der Waals surface area contributed by atoms with Gasteiger partial charge in [0.1, 0.15) is 12.4 Å². The molecule has 6 heteroatoms. The van der Waals surface area contributed by atoms with E-state index in [4.69, 9.17) is 5.26 Å². The van der Waals surface area contributed by atoms with Crippen molar-refractivity contribution < 1.29 is 4.79 Å². The Bertz CT molecular complexity index is 337.